The van der Waals surface area contributed by atoms with Gasteiger partial charge in [-0.15, -0.1) is 0 Å². The molecule has 1 atom stereocenters. The molecule has 0 N–H and O–H groups in total. The van der Waals surface area contributed by atoms with E-state index in [0.717, 1.165) is 24.1 Å². The summed E-state index contributed by atoms with van der Waals surface area (Å²) in [7, 11) is 1.62. The van der Waals surface area contributed by atoms with Crippen molar-refractivity contribution in [3.8, 4) is 11.5 Å². The Morgan fingerprint density at radius 1 is 1.15 bits per heavy atom. The predicted octanol–water partition coefficient (Wildman–Crippen LogP) is 6.62. The molecule has 0 spiro atoms. The zero-order chi connectivity index (χ0) is 18.9. The zero-order valence-corrected chi connectivity index (χ0v) is 16.8. The number of ether oxygens (including phenoxy) is 2. The van der Waals surface area contributed by atoms with Crippen LogP contribution in [0.5, 0.6) is 11.5 Å². The van der Waals surface area contributed by atoms with Gasteiger partial charge in [0.15, 0.2) is 11.5 Å². The molecule has 0 aliphatic heterocycles. The highest BCUT2D eigenvalue weighted by molar-refractivity contribution is 6.32. The summed E-state index contributed by atoms with van der Waals surface area (Å²) in [5.41, 5.74) is 3.14. The fourth-order valence-electron chi connectivity index (χ4n) is 2.49. The number of aliphatic imine (C=N–C) groups is 1. The highest BCUT2D eigenvalue weighted by atomic mass is 35.5. The average molecular weight is 374 g/mol. The van der Waals surface area contributed by atoms with E-state index in [9.17, 15) is 0 Å². The highest BCUT2D eigenvalue weighted by Crippen LogP contribution is 2.37. The summed E-state index contributed by atoms with van der Waals surface area (Å²) in [6.07, 6.45) is 6.31. The van der Waals surface area contributed by atoms with Crippen molar-refractivity contribution in [1.82, 2.24) is 0 Å². The first-order valence-electron chi connectivity index (χ1n) is 9.24. The minimum atomic E-state index is 0.0761. The van der Waals surface area contributed by atoms with Gasteiger partial charge in [0, 0.05) is 6.21 Å². The van der Waals surface area contributed by atoms with Crippen LogP contribution in [0.3, 0.4) is 0 Å². The van der Waals surface area contributed by atoms with Gasteiger partial charge >= 0.3 is 0 Å². The normalized spacial score (nSPS) is 12.3. The highest BCUT2D eigenvalue weighted by Gasteiger charge is 2.13. The van der Waals surface area contributed by atoms with Gasteiger partial charge in [-0.3, -0.25) is 4.99 Å². The summed E-state index contributed by atoms with van der Waals surface area (Å²) in [6, 6.07) is 12.1. The first-order valence-corrected chi connectivity index (χ1v) is 9.62. The lowest BCUT2D eigenvalue weighted by Gasteiger charge is -2.17. The third-order valence-electron chi connectivity index (χ3n) is 4.26. The molecule has 2 aromatic carbocycles. The van der Waals surface area contributed by atoms with Crippen LogP contribution in [-0.2, 0) is 6.42 Å². The van der Waals surface area contributed by atoms with Gasteiger partial charge < -0.3 is 9.47 Å². The summed E-state index contributed by atoms with van der Waals surface area (Å²) >= 11 is 6.40. The van der Waals surface area contributed by atoms with E-state index >= 15 is 0 Å². The molecule has 0 heterocycles. The van der Waals surface area contributed by atoms with Crippen molar-refractivity contribution in [2.45, 2.75) is 52.6 Å². The maximum Gasteiger partial charge on any atom is 0.180 e. The van der Waals surface area contributed by atoms with E-state index in [1.165, 1.54) is 18.4 Å². The summed E-state index contributed by atoms with van der Waals surface area (Å²) in [5, 5.41) is 0.529. The maximum atomic E-state index is 6.40. The van der Waals surface area contributed by atoms with Crippen LogP contribution in [0.25, 0.3) is 0 Å². The lowest BCUT2D eigenvalue weighted by atomic mass is 10.1. The first-order chi connectivity index (χ1) is 12.6. The molecule has 0 unspecified atom stereocenters. The van der Waals surface area contributed by atoms with Crippen LogP contribution in [-0.4, -0.2) is 19.4 Å². The minimum Gasteiger partial charge on any atom is -0.493 e. The average Bonchev–Trinajstić information content (AvgIpc) is 2.66. The zero-order valence-electron chi connectivity index (χ0n) is 16.1. The van der Waals surface area contributed by atoms with Gasteiger partial charge in [-0.2, -0.15) is 0 Å². The molecule has 0 saturated heterocycles. The fraction of sp³-hybridized carbons (Fsp3) is 0.409. The fourth-order valence-corrected chi connectivity index (χ4v) is 2.76. The van der Waals surface area contributed by atoms with Gasteiger partial charge in [-0.25, -0.2) is 0 Å². The summed E-state index contributed by atoms with van der Waals surface area (Å²) < 4.78 is 11.3. The molecule has 0 aromatic heterocycles. The quantitative estimate of drug-likeness (QED) is 0.462. The second kappa shape index (κ2) is 10.2. The molecule has 0 saturated carbocycles. The number of rotatable bonds is 9. The van der Waals surface area contributed by atoms with Crippen LogP contribution in [0.15, 0.2) is 41.4 Å². The van der Waals surface area contributed by atoms with E-state index in [2.05, 4.69) is 31.0 Å². The molecule has 0 amide bonds. The van der Waals surface area contributed by atoms with Crippen molar-refractivity contribution in [1.29, 1.82) is 0 Å². The smallest absolute Gasteiger partial charge is 0.180 e. The van der Waals surface area contributed by atoms with E-state index in [1.807, 2.05) is 31.2 Å². The molecule has 2 aromatic rings. The number of halogens is 1. The van der Waals surface area contributed by atoms with Crippen LogP contribution in [0.4, 0.5) is 5.69 Å². The Labute approximate surface area is 162 Å². The van der Waals surface area contributed by atoms with E-state index in [1.54, 1.807) is 13.3 Å². The van der Waals surface area contributed by atoms with Crippen LogP contribution >= 0.6 is 11.6 Å². The summed E-state index contributed by atoms with van der Waals surface area (Å²) in [5.74, 6) is 1.20. The lowest BCUT2D eigenvalue weighted by Crippen LogP contribution is -2.11. The summed E-state index contributed by atoms with van der Waals surface area (Å²) in [6.45, 7) is 6.28. The standard InChI is InChI=1S/C22H28ClNO2/c1-5-7-8-17-9-11-19(12-10-17)24-15-18-13-20(23)22(21(14-18)25-4)26-16(3)6-2/h9-16H,5-8H2,1-4H3/t16-/m1/s1. The molecule has 3 nitrogen and oxygen atoms in total. The minimum absolute atomic E-state index is 0.0761. The number of nitrogens with zero attached hydrogens (tertiary/aromatic N) is 1. The number of benzene rings is 2. The second-order valence-electron chi connectivity index (χ2n) is 6.40. The van der Waals surface area contributed by atoms with Crippen molar-refractivity contribution in [2.75, 3.05) is 7.11 Å². The lowest BCUT2D eigenvalue weighted by molar-refractivity contribution is 0.208. The van der Waals surface area contributed by atoms with Gasteiger partial charge in [0.2, 0.25) is 0 Å². The van der Waals surface area contributed by atoms with Crippen LogP contribution in [0.1, 0.15) is 51.2 Å². The molecule has 0 bridgehead atoms. The van der Waals surface area contributed by atoms with Gasteiger partial charge in [0.1, 0.15) is 0 Å². The Bertz CT molecular complexity index is 726. The third-order valence-corrected chi connectivity index (χ3v) is 4.54. The Balaban J connectivity index is 2.15. The largest absolute Gasteiger partial charge is 0.493 e. The number of unbranched alkanes of at least 4 members (excludes halogenated alkanes) is 1. The van der Waals surface area contributed by atoms with Crippen LogP contribution in [0.2, 0.25) is 5.02 Å². The molecule has 0 fully saturated rings. The number of hydrogen-bond acceptors (Lipinski definition) is 3. The van der Waals surface area contributed by atoms with Crippen molar-refractivity contribution in [3.05, 3.63) is 52.5 Å². The predicted molar refractivity (Wildman–Crippen MR) is 111 cm³/mol. The Kier molecular flexibility index (Phi) is 7.99. The van der Waals surface area contributed by atoms with E-state index in [4.69, 9.17) is 21.1 Å². The van der Waals surface area contributed by atoms with Gasteiger partial charge in [-0.1, -0.05) is 44.0 Å². The number of aryl methyl sites for hydroxylation is 1. The Morgan fingerprint density at radius 2 is 1.88 bits per heavy atom. The van der Waals surface area contributed by atoms with Gasteiger partial charge in [0.05, 0.1) is 23.9 Å². The summed E-state index contributed by atoms with van der Waals surface area (Å²) in [4.78, 5) is 4.54. The van der Waals surface area contributed by atoms with Crippen molar-refractivity contribution in [3.63, 3.8) is 0 Å². The van der Waals surface area contributed by atoms with Crippen molar-refractivity contribution in [2.24, 2.45) is 4.99 Å². The number of hydrogen-bond donors (Lipinski definition) is 0. The van der Waals surface area contributed by atoms with Crippen LogP contribution < -0.4 is 9.47 Å². The van der Waals surface area contributed by atoms with E-state index in [0.29, 0.717) is 16.5 Å². The monoisotopic (exact) mass is 373 g/mol. The first kappa shape index (κ1) is 20.3. The van der Waals surface area contributed by atoms with Crippen LogP contribution in [0, 0.1) is 0 Å². The maximum absolute atomic E-state index is 6.40. The Hall–Kier alpha value is -2.00. The van der Waals surface area contributed by atoms with Crippen molar-refractivity contribution >= 4 is 23.5 Å². The third kappa shape index (κ3) is 5.77. The molecule has 2 rings (SSSR count). The number of methoxy groups -OCH3 is 1. The topological polar surface area (TPSA) is 30.8 Å². The van der Waals surface area contributed by atoms with Gasteiger partial charge in [0.25, 0.3) is 0 Å². The molecular weight excluding hydrogens is 346 g/mol. The molecule has 0 aliphatic rings. The molecule has 4 heteroatoms. The molecule has 26 heavy (non-hydrogen) atoms. The molecular formula is C22H28ClNO2. The van der Waals surface area contributed by atoms with E-state index < -0.39 is 0 Å². The molecule has 0 radical (unpaired) electrons. The second-order valence-corrected chi connectivity index (χ2v) is 6.81. The van der Waals surface area contributed by atoms with Crippen molar-refractivity contribution < 1.29 is 9.47 Å². The SMILES string of the molecule is CCCCc1ccc(N=Cc2cc(Cl)c(O[C@H](C)CC)c(OC)c2)cc1. The Morgan fingerprint density at radius 3 is 2.50 bits per heavy atom. The molecule has 140 valence electrons. The van der Waals surface area contributed by atoms with Gasteiger partial charge in [-0.05, 0) is 61.6 Å². The molecule has 0 aliphatic carbocycles. The van der Waals surface area contributed by atoms with E-state index in [-0.39, 0.29) is 6.10 Å².